The van der Waals surface area contributed by atoms with Crippen LogP contribution < -0.4 is 0 Å². The third-order valence-electron chi connectivity index (χ3n) is 4.53. The lowest BCUT2D eigenvalue weighted by atomic mass is 9.99. The highest BCUT2D eigenvalue weighted by atomic mass is 19.1. The highest BCUT2D eigenvalue weighted by Crippen LogP contribution is 2.37. The molecular weight excluding hydrogens is 335 g/mol. The van der Waals surface area contributed by atoms with Crippen molar-refractivity contribution in [1.82, 2.24) is 0 Å². The van der Waals surface area contributed by atoms with E-state index in [0.29, 0.717) is 13.2 Å². The Bertz CT molecular complexity index is 662. The van der Waals surface area contributed by atoms with Crippen molar-refractivity contribution in [2.75, 3.05) is 13.7 Å². The molecule has 2 unspecified atom stereocenters. The van der Waals surface area contributed by atoms with E-state index in [0.717, 1.165) is 11.1 Å². The molecule has 4 nitrogen and oxygen atoms in total. The average molecular weight is 360 g/mol. The number of halogens is 1. The van der Waals surface area contributed by atoms with Crippen molar-refractivity contribution in [1.29, 1.82) is 0 Å². The molecule has 0 spiro atoms. The molecule has 4 atom stereocenters. The molecule has 2 aromatic carbocycles. The van der Waals surface area contributed by atoms with E-state index in [1.54, 1.807) is 0 Å². The van der Waals surface area contributed by atoms with Gasteiger partial charge in [-0.15, -0.1) is 0 Å². The number of hydrogen-bond donors (Lipinski definition) is 0. The molecule has 5 heteroatoms. The van der Waals surface area contributed by atoms with Crippen LogP contribution in [0.2, 0.25) is 0 Å². The summed E-state index contributed by atoms with van der Waals surface area (Å²) in [6.45, 7) is 2.43. The lowest BCUT2D eigenvalue weighted by Crippen LogP contribution is -2.44. The van der Waals surface area contributed by atoms with Crippen molar-refractivity contribution in [3.63, 3.8) is 0 Å². The van der Waals surface area contributed by atoms with Crippen molar-refractivity contribution in [3.05, 3.63) is 71.8 Å². The van der Waals surface area contributed by atoms with Gasteiger partial charge in [0.15, 0.2) is 12.0 Å². The Hall–Kier alpha value is -1.79. The van der Waals surface area contributed by atoms with Gasteiger partial charge in [-0.3, -0.25) is 0 Å². The molecule has 140 valence electrons. The van der Waals surface area contributed by atoms with E-state index in [9.17, 15) is 0 Å². The molecule has 1 saturated heterocycles. The first-order chi connectivity index (χ1) is 12.6. The maximum Gasteiger partial charge on any atom is 0.194 e. The molecular formula is C21H25FO4. The van der Waals surface area contributed by atoms with Crippen LogP contribution in [0.5, 0.6) is 0 Å². The number of ether oxygens (including phenoxy) is 4. The molecule has 0 bridgehead atoms. The first-order valence-corrected chi connectivity index (χ1v) is 8.75. The molecule has 0 aliphatic carbocycles. The van der Waals surface area contributed by atoms with Gasteiger partial charge in [0.2, 0.25) is 0 Å². The van der Waals surface area contributed by atoms with Crippen molar-refractivity contribution < 1.29 is 23.3 Å². The van der Waals surface area contributed by atoms with Gasteiger partial charge in [-0.25, -0.2) is 4.39 Å². The fourth-order valence-corrected chi connectivity index (χ4v) is 3.17. The van der Waals surface area contributed by atoms with Crippen LogP contribution in [0.15, 0.2) is 60.7 Å². The van der Waals surface area contributed by atoms with Crippen molar-refractivity contribution in [2.45, 2.75) is 44.3 Å². The van der Waals surface area contributed by atoms with E-state index in [2.05, 4.69) is 0 Å². The number of hydrogen-bond acceptors (Lipinski definition) is 4. The Kier molecular flexibility index (Phi) is 6.38. The standard InChI is InChI=1S/C21H25FO4/c1-21(22)19(25-14-17-11-7-4-8-12-17)18(26-20(21)23-2)15-24-13-16-9-5-3-6-10-16/h3-12,18-20H,13-15H2,1-2H3/t18-,19?,20-,21?/m1/s1. The summed E-state index contributed by atoms with van der Waals surface area (Å²) < 4.78 is 37.7. The number of methoxy groups -OCH3 is 1. The predicted octanol–water partition coefficient (Wildman–Crippen LogP) is 3.89. The molecule has 1 aliphatic heterocycles. The third-order valence-corrected chi connectivity index (χ3v) is 4.53. The Morgan fingerprint density at radius 3 is 2.12 bits per heavy atom. The van der Waals surface area contributed by atoms with E-state index in [-0.39, 0.29) is 6.61 Å². The fourth-order valence-electron chi connectivity index (χ4n) is 3.17. The van der Waals surface area contributed by atoms with Gasteiger partial charge < -0.3 is 18.9 Å². The molecule has 0 amide bonds. The van der Waals surface area contributed by atoms with Crippen LogP contribution in [0, 0.1) is 0 Å². The molecule has 3 rings (SSSR count). The van der Waals surface area contributed by atoms with Gasteiger partial charge in [-0.1, -0.05) is 60.7 Å². The normalized spacial score (nSPS) is 28.3. The van der Waals surface area contributed by atoms with Gasteiger partial charge in [0, 0.05) is 7.11 Å². The second-order valence-electron chi connectivity index (χ2n) is 6.61. The first kappa shape index (κ1) is 19.0. The minimum atomic E-state index is -1.76. The van der Waals surface area contributed by atoms with Gasteiger partial charge in [0.05, 0.1) is 19.8 Å². The topological polar surface area (TPSA) is 36.9 Å². The summed E-state index contributed by atoms with van der Waals surface area (Å²) in [5, 5.41) is 0. The Balaban J connectivity index is 1.61. The van der Waals surface area contributed by atoms with Gasteiger partial charge in [-0.2, -0.15) is 0 Å². The molecule has 2 aromatic rings. The second kappa shape index (κ2) is 8.73. The summed E-state index contributed by atoms with van der Waals surface area (Å²) in [6, 6.07) is 19.5. The summed E-state index contributed by atoms with van der Waals surface area (Å²) >= 11 is 0. The van der Waals surface area contributed by atoms with Crippen LogP contribution in [0.3, 0.4) is 0 Å². The van der Waals surface area contributed by atoms with Gasteiger partial charge >= 0.3 is 0 Å². The van der Waals surface area contributed by atoms with Gasteiger partial charge in [0.25, 0.3) is 0 Å². The van der Waals surface area contributed by atoms with Crippen LogP contribution in [-0.4, -0.2) is 37.9 Å². The highest BCUT2D eigenvalue weighted by molar-refractivity contribution is 5.14. The van der Waals surface area contributed by atoms with Gasteiger partial charge in [0.1, 0.15) is 12.2 Å². The maximum absolute atomic E-state index is 15.2. The maximum atomic E-state index is 15.2. The molecule has 0 radical (unpaired) electrons. The first-order valence-electron chi connectivity index (χ1n) is 8.75. The fraction of sp³-hybridized carbons (Fsp3) is 0.429. The van der Waals surface area contributed by atoms with E-state index in [4.69, 9.17) is 18.9 Å². The number of rotatable bonds is 8. The molecule has 0 aromatic heterocycles. The molecule has 26 heavy (non-hydrogen) atoms. The minimum absolute atomic E-state index is 0.230. The van der Waals surface area contributed by atoms with Crippen molar-refractivity contribution in [2.24, 2.45) is 0 Å². The lowest BCUT2D eigenvalue weighted by Gasteiger charge is -2.26. The summed E-state index contributed by atoms with van der Waals surface area (Å²) in [6.07, 6.45) is -2.29. The van der Waals surface area contributed by atoms with Crippen LogP contribution in [0.25, 0.3) is 0 Å². The zero-order valence-corrected chi connectivity index (χ0v) is 15.1. The Labute approximate surface area is 153 Å². The summed E-state index contributed by atoms with van der Waals surface area (Å²) in [5.74, 6) is 0. The molecule has 0 N–H and O–H groups in total. The summed E-state index contributed by atoms with van der Waals surface area (Å²) in [4.78, 5) is 0. The van der Waals surface area contributed by atoms with E-state index in [1.165, 1.54) is 14.0 Å². The van der Waals surface area contributed by atoms with Crippen molar-refractivity contribution in [3.8, 4) is 0 Å². The SMILES string of the molecule is CO[C@@H]1O[C@H](COCc2ccccc2)C(OCc2ccccc2)C1(C)F. The van der Waals surface area contributed by atoms with Gasteiger partial charge in [-0.05, 0) is 18.1 Å². The number of alkyl halides is 1. The minimum Gasteiger partial charge on any atom is -0.374 e. The quantitative estimate of drug-likeness (QED) is 0.716. The van der Waals surface area contributed by atoms with E-state index in [1.807, 2.05) is 60.7 Å². The predicted molar refractivity (Wildman–Crippen MR) is 96.3 cm³/mol. The number of benzene rings is 2. The molecule has 1 heterocycles. The average Bonchev–Trinajstić information content (AvgIpc) is 2.91. The van der Waals surface area contributed by atoms with E-state index < -0.39 is 24.2 Å². The monoisotopic (exact) mass is 360 g/mol. The largest absolute Gasteiger partial charge is 0.374 e. The smallest absolute Gasteiger partial charge is 0.194 e. The Morgan fingerprint density at radius 1 is 0.962 bits per heavy atom. The van der Waals surface area contributed by atoms with Crippen LogP contribution in [0.4, 0.5) is 4.39 Å². The summed E-state index contributed by atoms with van der Waals surface area (Å²) in [5.41, 5.74) is 0.274. The molecule has 1 fully saturated rings. The van der Waals surface area contributed by atoms with Crippen molar-refractivity contribution >= 4 is 0 Å². The second-order valence-corrected chi connectivity index (χ2v) is 6.61. The lowest BCUT2D eigenvalue weighted by molar-refractivity contribution is -0.166. The van der Waals surface area contributed by atoms with E-state index >= 15 is 4.39 Å². The third kappa shape index (κ3) is 4.48. The Morgan fingerprint density at radius 2 is 1.54 bits per heavy atom. The highest BCUT2D eigenvalue weighted by Gasteiger charge is 2.56. The van der Waals surface area contributed by atoms with Crippen LogP contribution in [0.1, 0.15) is 18.1 Å². The molecule has 1 aliphatic rings. The molecule has 0 saturated carbocycles. The van der Waals surface area contributed by atoms with Crippen LogP contribution in [-0.2, 0) is 32.2 Å². The zero-order valence-electron chi connectivity index (χ0n) is 15.1. The zero-order chi connectivity index (χ0) is 18.4. The summed E-state index contributed by atoms with van der Waals surface area (Å²) in [7, 11) is 1.43. The van der Waals surface area contributed by atoms with Crippen LogP contribution >= 0.6 is 0 Å².